The van der Waals surface area contributed by atoms with Crippen LogP contribution in [0.15, 0.2) is 109 Å². The van der Waals surface area contributed by atoms with E-state index < -0.39 is 46.4 Å². The quantitative estimate of drug-likeness (QED) is 0.0539. The Kier molecular flexibility index (Phi) is 18.9. The third-order valence-corrected chi connectivity index (χ3v) is 11.7. The number of carbonyl (C=O) groups excluding carboxylic acids is 2. The Hall–Kier alpha value is -4.95. The van der Waals surface area contributed by atoms with Gasteiger partial charge in [-0.2, -0.15) is 17.0 Å². The van der Waals surface area contributed by atoms with Gasteiger partial charge in [0.15, 0.2) is 0 Å². The van der Waals surface area contributed by atoms with Crippen molar-refractivity contribution < 1.29 is 65.4 Å². The van der Waals surface area contributed by atoms with Gasteiger partial charge >= 0.3 is 11.9 Å². The summed E-state index contributed by atoms with van der Waals surface area (Å²) in [5, 5.41) is 0. The molecule has 4 atom stereocenters. The molecule has 330 valence electrons. The van der Waals surface area contributed by atoms with Crippen molar-refractivity contribution >= 4 is 22.1 Å². The Labute approximate surface area is 357 Å². The minimum absolute atomic E-state index is 0.182. The van der Waals surface area contributed by atoms with Gasteiger partial charge in [0.2, 0.25) is 0 Å². The number of carbonyl (C=O) groups is 2. The fourth-order valence-electron chi connectivity index (χ4n) is 6.55. The summed E-state index contributed by atoms with van der Waals surface area (Å²) in [4.78, 5) is 24.7. The summed E-state index contributed by atoms with van der Waals surface area (Å²) in [5.74, 6) is -0.0891. The largest absolute Gasteiger partial charge is 0.492 e. The number of ether oxygens (including phenoxy) is 10. The second-order valence-corrected chi connectivity index (χ2v) is 15.5. The van der Waals surface area contributed by atoms with Crippen molar-refractivity contribution in [3.05, 3.63) is 131 Å². The summed E-state index contributed by atoms with van der Waals surface area (Å²) in [5.41, 5.74) is 1.69. The molecule has 0 unspecified atom stereocenters. The minimum Gasteiger partial charge on any atom is -0.492 e. The van der Waals surface area contributed by atoms with Gasteiger partial charge in [-0.05, 0) is 59.7 Å². The van der Waals surface area contributed by atoms with Crippen molar-refractivity contribution in [3.63, 3.8) is 0 Å². The number of methoxy groups -OCH3 is 4. The Morgan fingerprint density at radius 1 is 0.525 bits per heavy atom. The first-order valence-corrected chi connectivity index (χ1v) is 20.9. The maximum atomic E-state index is 15.7. The van der Waals surface area contributed by atoms with E-state index in [4.69, 9.17) is 47.4 Å². The predicted octanol–water partition coefficient (Wildman–Crippen LogP) is 4.73. The highest BCUT2D eigenvalue weighted by atomic mass is 32.2. The van der Waals surface area contributed by atoms with Crippen LogP contribution in [0.5, 0.6) is 11.5 Å². The molecule has 0 bridgehead atoms. The lowest BCUT2D eigenvalue weighted by atomic mass is 9.98. The van der Waals surface area contributed by atoms with E-state index in [9.17, 15) is 9.59 Å². The summed E-state index contributed by atoms with van der Waals surface area (Å²) >= 11 is 0. The zero-order valence-electron chi connectivity index (χ0n) is 34.8. The third kappa shape index (κ3) is 13.5. The molecule has 4 aromatic carbocycles. The van der Waals surface area contributed by atoms with Crippen LogP contribution in [-0.2, 0) is 61.2 Å². The predicted molar refractivity (Wildman–Crippen MR) is 222 cm³/mol. The minimum atomic E-state index is -4.57. The Morgan fingerprint density at radius 3 is 1.25 bits per heavy atom. The first kappa shape index (κ1) is 47.1. The summed E-state index contributed by atoms with van der Waals surface area (Å²) in [6, 6.07) is 28.8. The average molecular weight is 867 g/mol. The summed E-state index contributed by atoms with van der Waals surface area (Å²) < 4.78 is 91.9. The van der Waals surface area contributed by atoms with Crippen molar-refractivity contribution in [1.29, 1.82) is 0 Å². The van der Waals surface area contributed by atoms with E-state index in [1.54, 1.807) is 87.0 Å². The van der Waals surface area contributed by atoms with Crippen LogP contribution in [0.1, 0.15) is 31.8 Å². The fraction of sp³-hybridized carbons (Fsp3) is 0.409. The Balaban J connectivity index is 1.69. The molecule has 0 N–H and O–H groups in total. The lowest BCUT2D eigenvalue weighted by Crippen LogP contribution is -2.55. The lowest BCUT2D eigenvalue weighted by Gasteiger charge is -2.36. The Bertz CT molecular complexity index is 1870. The van der Waals surface area contributed by atoms with Crippen LogP contribution in [0.4, 0.5) is 0 Å². The normalized spacial score (nSPS) is 19.1. The van der Waals surface area contributed by atoms with E-state index in [-0.39, 0.29) is 53.1 Å². The highest BCUT2D eigenvalue weighted by Gasteiger charge is 2.53. The highest BCUT2D eigenvalue weighted by molar-refractivity contribution is 7.86. The van der Waals surface area contributed by atoms with Crippen LogP contribution in [-0.4, -0.2) is 135 Å². The molecule has 4 aromatic rings. The van der Waals surface area contributed by atoms with Crippen molar-refractivity contribution in [3.8, 4) is 11.5 Å². The van der Waals surface area contributed by atoms with Crippen LogP contribution in [0.25, 0.3) is 0 Å². The number of esters is 2. The number of benzene rings is 4. The van der Waals surface area contributed by atoms with Gasteiger partial charge < -0.3 is 47.4 Å². The molecule has 0 radical (unpaired) electrons. The van der Waals surface area contributed by atoms with Gasteiger partial charge in [-0.25, -0.2) is 9.59 Å². The van der Waals surface area contributed by atoms with Gasteiger partial charge in [0.1, 0.15) is 50.5 Å². The van der Waals surface area contributed by atoms with Crippen LogP contribution in [0.2, 0.25) is 0 Å². The van der Waals surface area contributed by atoms with Gasteiger partial charge in [-0.15, -0.1) is 0 Å². The molecule has 1 fully saturated rings. The standard InChI is InChI=1S/C44H54N2O14S/c1-51-23-25-55-31-59-41-39(29-57-37-11-7-5-8-12-37)45(27-33-15-19-35(20-16-33)43(47)53-3)61(49,50)46(28-34-17-21-36(22-18-34)44(48)54-4)40(30-58-38-13-9-6-10-14-38)42(41)60-32-56-26-24-52-2/h5-22,39-42H,23-32H2,1-4H3/t39-,40-,41+,42+/m1/s1. The Morgan fingerprint density at radius 2 is 0.902 bits per heavy atom. The first-order chi connectivity index (χ1) is 29.7. The molecule has 1 heterocycles. The van der Waals surface area contributed by atoms with Gasteiger partial charge in [0.25, 0.3) is 10.2 Å². The molecule has 16 nitrogen and oxygen atoms in total. The number of nitrogens with zero attached hydrogens (tertiary/aromatic N) is 2. The monoisotopic (exact) mass is 866 g/mol. The van der Waals surface area contributed by atoms with Gasteiger partial charge in [0, 0.05) is 27.3 Å². The second kappa shape index (κ2) is 24.5. The maximum absolute atomic E-state index is 15.7. The topological polar surface area (TPSA) is 167 Å². The van der Waals surface area contributed by atoms with Crippen LogP contribution >= 0.6 is 0 Å². The molecule has 0 spiro atoms. The molecule has 61 heavy (non-hydrogen) atoms. The molecule has 0 aromatic heterocycles. The van der Waals surface area contributed by atoms with E-state index in [0.717, 1.165) is 0 Å². The third-order valence-electron chi connectivity index (χ3n) is 9.72. The van der Waals surface area contributed by atoms with Gasteiger partial charge in [0.05, 0.1) is 63.9 Å². The molecule has 5 rings (SSSR count). The molecule has 0 aliphatic carbocycles. The zero-order chi connectivity index (χ0) is 43.5. The molecule has 1 aliphatic heterocycles. The summed E-state index contributed by atoms with van der Waals surface area (Å²) in [7, 11) is 1.10. The van der Waals surface area contributed by atoms with Crippen LogP contribution in [0, 0.1) is 0 Å². The van der Waals surface area contributed by atoms with Crippen LogP contribution in [0.3, 0.4) is 0 Å². The number of hydrogen-bond donors (Lipinski definition) is 0. The number of rotatable bonds is 24. The van der Waals surface area contributed by atoms with Crippen molar-refractivity contribution in [1.82, 2.24) is 8.61 Å². The SMILES string of the molecule is COCCOCO[C@@H]1[C@@H](OCOCCOC)[C@@H](COc2ccccc2)N(Cc2ccc(C(=O)OC)cc2)S(=O)(=O)N(Cc2ccc(C(=O)OC)cc2)[C@@H]1COc1ccccc1. The molecule has 0 saturated carbocycles. The van der Waals surface area contributed by atoms with Crippen molar-refractivity contribution in [2.24, 2.45) is 0 Å². The molecule has 0 amide bonds. The highest BCUT2D eigenvalue weighted by Crippen LogP contribution is 2.34. The zero-order valence-corrected chi connectivity index (χ0v) is 35.6. The average Bonchev–Trinajstić information content (AvgIpc) is 3.35. The summed E-state index contributed by atoms with van der Waals surface area (Å²) in [6.07, 6.45) is -2.17. The maximum Gasteiger partial charge on any atom is 0.337 e. The van der Waals surface area contributed by atoms with E-state index in [1.807, 2.05) is 36.4 Å². The molecule has 1 saturated heterocycles. The smallest absolute Gasteiger partial charge is 0.337 e. The van der Waals surface area contributed by atoms with E-state index in [2.05, 4.69) is 0 Å². The molecule has 17 heteroatoms. The number of para-hydroxylation sites is 2. The van der Waals surface area contributed by atoms with Gasteiger partial charge in [-0.1, -0.05) is 60.7 Å². The van der Waals surface area contributed by atoms with Crippen LogP contribution < -0.4 is 9.47 Å². The van der Waals surface area contributed by atoms with Crippen molar-refractivity contribution in [2.45, 2.75) is 37.4 Å². The van der Waals surface area contributed by atoms with E-state index in [1.165, 1.54) is 22.8 Å². The fourth-order valence-corrected chi connectivity index (χ4v) is 8.49. The summed E-state index contributed by atoms with van der Waals surface area (Å²) in [6.45, 7) is -0.288. The first-order valence-electron chi connectivity index (χ1n) is 19.6. The molecular formula is C44H54N2O14S. The molecular weight excluding hydrogens is 813 g/mol. The van der Waals surface area contributed by atoms with E-state index in [0.29, 0.717) is 47.0 Å². The van der Waals surface area contributed by atoms with Gasteiger partial charge in [-0.3, -0.25) is 0 Å². The van der Waals surface area contributed by atoms with E-state index >= 15 is 8.42 Å². The number of hydrogen-bond acceptors (Lipinski definition) is 14. The second-order valence-electron chi connectivity index (χ2n) is 13.7. The lowest BCUT2D eigenvalue weighted by molar-refractivity contribution is -0.196. The molecule has 1 aliphatic rings. The van der Waals surface area contributed by atoms with Crippen molar-refractivity contribution in [2.75, 3.05) is 81.7 Å².